The third-order valence-electron chi connectivity index (χ3n) is 5.47. The van der Waals surface area contributed by atoms with Gasteiger partial charge in [-0.2, -0.15) is 8.78 Å². The second-order valence-corrected chi connectivity index (χ2v) is 8.06. The molecule has 1 saturated carbocycles. The van der Waals surface area contributed by atoms with Crippen molar-refractivity contribution in [2.24, 2.45) is 11.8 Å². The largest absolute Gasteiger partial charge is 0.429 e. The molecule has 6 heteroatoms. The van der Waals surface area contributed by atoms with Crippen molar-refractivity contribution < 1.29 is 22.3 Å². The van der Waals surface area contributed by atoms with Crippen molar-refractivity contribution in [1.82, 2.24) is 0 Å². The van der Waals surface area contributed by atoms with E-state index in [1.807, 2.05) is 0 Å². The monoisotopic (exact) mass is 414 g/mol. The second-order valence-electron chi connectivity index (χ2n) is 7.68. The minimum absolute atomic E-state index is 0.0731. The van der Waals surface area contributed by atoms with Crippen LogP contribution in [0.2, 0.25) is 5.02 Å². The van der Waals surface area contributed by atoms with E-state index in [4.69, 9.17) is 11.6 Å². The highest BCUT2D eigenvalue weighted by molar-refractivity contribution is 6.30. The van der Waals surface area contributed by atoms with Crippen LogP contribution in [0.4, 0.5) is 17.6 Å². The Hall–Kier alpha value is -1.75. The van der Waals surface area contributed by atoms with E-state index in [0.29, 0.717) is 12.1 Å². The van der Waals surface area contributed by atoms with Crippen LogP contribution >= 0.6 is 11.6 Å². The van der Waals surface area contributed by atoms with E-state index in [0.717, 1.165) is 30.2 Å². The molecule has 0 aromatic heterocycles. The average molecular weight is 415 g/mol. The molecule has 2 aromatic carbocycles. The summed E-state index contributed by atoms with van der Waals surface area (Å²) in [5.74, 6) is -1.04. The zero-order valence-corrected chi connectivity index (χ0v) is 16.4. The Kier molecular flexibility index (Phi) is 6.54. The van der Waals surface area contributed by atoms with Gasteiger partial charge in [0.05, 0.1) is 5.56 Å². The molecule has 152 valence electrons. The van der Waals surface area contributed by atoms with E-state index >= 15 is 0 Å². The summed E-state index contributed by atoms with van der Waals surface area (Å²) in [7, 11) is 0. The molecule has 0 spiro atoms. The summed E-state index contributed by atoms with van der Waals surface area (Å²) < 4.78 is 60.1. The highest BCUT2D eigenvalue weighted by Crippen LogP contribution is 2.35. The quantitative estimate of drug-likeness (QED) is 0.351. The lowest BCUT2D eigenvalue weighted by Crippen LogP contribution is -2.22. The van der Waals surface area contributed by atoms with E-state index in [1.54, 1.807) is 12.1 Å². The molecule has 0 N–H and O–H groups in total. The highest BCUT2D eigenvalue weighted by atomic mass is 35.5. The summed E-state index contributed by atoms with van der Waals surface area (Å²) in [4.78, 5) is 0. The summed E-state index contributed by atoms with van der Waals surface area (Å²) in [6.45, 7) is 2.29. The Bertz CT molecular complexity index is 776. The molecule has 3 rings (SSSR count). The lowest BCUT2D eigenvalue weighted by Gasteiger charge is -2.26. The third kappa shape index (κ3) is 5.19. The van der Waals surface area contributed by atoms with E-state index in [1.165, 1.54) is 37.8 Å². The number of ether oxygens (including phenoxy) is 1. The van der Waals surface area contributed by atoms with Crippen molar-refractivity contribution in [2.75, 3.05) is 0 Å². The topological polar surface area (TPSA) is 9.23 Å². The van der Waals surface area contributed by atoms with Crippen molar-refractivity contribution in [2.45, 2.75) is 51.6 Å². The van der Waals surface area contributed by atoms with Gasteiger partial charge in [-0.1, -0.05) is 56.3 Å². The Balaban J connectivity index is 1.60. The van der Waals surface area contributed by atoms with Crippen molar-refractivity contribution >= 4 is 11.6 Å². The van der Waals surface area contributed by atoms with Gasteiger partial charge in [0.2, 0.25) is 0 Å². The van der Waals surface area contributed by atoms with Gasteiger partial charge in [-0.05, 0) is 54.5 Å². The Morgan fingerprint density at radius 1 is 1.00 bits per heavy atom. The number of halogens is 5. The van der Waals surface area contributed by atoms with Gasteiger partial charge in [0.25, 0.3) is 0 Å². The number of benzene rings is 2. The molecule has 0 bridgehead atoms. The van der Waals surface area contributed by atoms with Crippen LogP contribution in [0.3, 0.4) is 0 Å². The maximum Gasteiger partial charge on any atom is 0.426 e. The SMILES string of the molecule is CC1CCC(CCc2ccc(OC(F)(F)c3cc(F)c(Cl)c(F)c3)cc2)CC1. The van der Waals surface area contributed by atoms with Crippen LogP contribution in [-0.2, 0) is 12.5 Å². The third-order valence-corrected chi connectivity index (χ3v) is 5.83. The molecule has 1 nitrogen and oxygen atoms in total. The van der Waals surface area contributed by atoms with Crippen LogP contribution in [0.5, 0.6) is 5.75 Å². The number of aryl methyl sites for hydroxylation is 1. The standard InChI is InChI=1S/C22H23ClF4O/c1-14-2-4-15(5-3-14)6-7-16-8-10-18(11-9-16)28-22(26,27)17-12-19(24)21(23)20(25)13-17/h8-15H,2-7H2,1H3. The fraction of sp³-hybridized carbons (Fsp3) is 0.455. The number of hydrogen-bond acceptors (Lipinski definition) is 1. The summed E-state index contributed by atoms with van der Waals surface area (Å²) in [5.41, 5.74) is 0.125. The van der Waals surface area contributed by atoms with Gasteiger partial charge in [0.15, 0.2) is 0 Å². The zero-order valence-electron chi connectivity index (χ0n) is 15.7. The molecule has 1 aliphatic rings. The van der Waals surface area contributed by atoms with Crippen LogP contribution in [-0.4, -0.2) is 0 Å². The van der Waals surface area contributed by atoms with Crippen LogP contribution in [0.1, 0.15) is 50.2 Å². The van der Waals surface area contributed by atoms with Crippen molar-refractivity contribution in [3.05, 3.63) is 64.2 Å². The Labute approximate surface area is 167 Å². The van der Waals surface area contributed by atoms with Gasteiger partial charge in [0.1, 0.15) is 22.4 Å². The van der Waals surface area contributed by atoms with Crippen LogP contribution in [0.15, 0.2) is 36.4 Å². The molecular formula is C22H23ClF4O. The zero-order chi connectivity index (χ0) is 20.3. The maximum atomic E-state index is 14.3. The van der Waals surface area contributed by atoms with Crippen molar-refractivity contribution in [3.63, 3.8) is 0 Å². The average Bonchev–Trinajstić information content (AvgIpc) is 2.66. The molecule has 0 atom stereocenters. The first-order chi connectivity index (χ1) is 13.2. The molecule has 28 heavy (non-hydrogen) atoms. The van der Waals surface area contributed by atoms with Crippen LogP contribution in [0, 0.1) is 23.5 Å². The maximum absolute atomic E-state index is 14.3. The smallest absolute Gasteiger partial charge is 0.426 e. The first kappa shape index (κ1) is 21.0. The number of hydrogen-bond donors (Lipinski definition) is 0. The molecule has 0 unspecified atom stereocenters. The predicted molar refractivity (Wildman–Crippen MR) is 102 cm³/mol. The summed E-state index contributed by atoms with van der Waals surface area (Å²) in [6.07, 6.45) is 3.16. The van der Waals surface area contributed by atoms with Gasteiger partial charge in [0, 0.05) is 0 Å². The molecule has 0 aliphatic heterocycles. The lowest BCUT2D eigenvalue weighted by molar-refractivity contribution is -0.185. The fourth-order valence-corrected chi connectivity index (χ4v) is 3.75. The van der Waals surface area contributed by atoms with E-state index in [2.05, 4.69) is 11.7 Å². The number of alkyl halides is 2. The van der Waals surface area contributed by atoms with Crippen molar-refractivity contribution in [3.8, 4) is 5.75 Å². The van der Waals surface area contributed by atoms with Gasteiger partial charge in [-0.3, -0.25) is 0 Å². The van der Waals surface area contributed by atoms with Gasteiger partial charge < -0.3 is 4.74 Å². The Morgan fingerprint density at radius 3 is 2.14 bits per heavy atom. The first-order valence-electron chi connectivity index (χ1n) is 9.55. The van der Waals surface area contributed by atoms with Crippen LogP contribution < -0.4 is 4.74 Å². The summed E-state index contributed by atoms with van der Waals surface area (Å²) in [6, 6.07) is 7.36. The predicted octanol–water partition coefficient (Wildman–Crippen LogP) is 7.51. The van der Waals surface area contributed by atoms with Gasteiger partial charge in [-0.25, -0.2) is 8.78 Å². The van der Waals surface area contributed by atoms with E-state index in [-0.39, 0.29) is 5.75 Å². The lowest BCUT2D eigenvalue weighted by atomic mass is 9.80. The van der Waals surface area contributed by atoms with E-state index < -0.39 is 28.3 Å². The molecule has 0 saturated heterocycles. The molecule has 0 amide bonds. The second kappa shape index (κ2) is 8.73. The number of rotatable bonds is 6. The normalized spacial score (nSPS) is 20.2. The summed E-state index contributed by atoms with van der Waals surface area (Å²) in [5, 5.41) is -0.823. The minimum Gasteiger partial charge on any atom is -0.429 e. The molecule has 0 heterocycles. The van der Waals surface area contributed by atoms with E-state index in [9.17, 15) is 17.6 Å². The van der Waals surface area contributed by atoms with Crippen molar-refractivity contribution in [1.29, 1.82) is 0 Å². The van der Waals surface area contributed by atoms with Gasteiger partial charge >= 0.3 is 6.11 Å². The first-order valence-corrected chi connectivity index (χ1v) is 9.93. The highest BCUT2D eigenvalue weighted by Gasteiger charge is 2.36. The molecule has 0 radical (unpaired) electrons. The minimum atomic E-state index is -3.88. The molecular weight excluding hydrogens is 392 g/mol. The van der Waals surface area contributed by atoms with Gasteiger partial charge in [-0.15, -0.1) is 0 Å². The molecule has 1 fully saturated rings. The molecule has 2 aromatic rings. The Morgan fingerprint density at radius 2 is 1.57 bits per heavy atom. The van der Waals surface area contributed by atoms with Crippen LogP contribution in [0.25, 0.3) is 0 Å². The molecule has 1 aliphatic carbocycles. The summed E-state index contributed by atoms with van der Waals surface area (Å²) >= 11 is 5.33. The fourth-order valence-electron chi connectivity index (χ4n) is 3.64.